The minimum atomic E-state index is -4.32. The Bertz CT molecular complexity index is 652. The van der Waals surface area contributed by atoms with Crippen molar-refractivity contribution < 1.29 is 18.0 Å². The number of nitrogens with zero attached hydrogens (tertiary/aromatic N) is 5. The second-order valence-corrected chi connectivity index (χ2v) is 5.01. The second kappa shape index (κ2) is 6.06. The number of likely N-dealkylation sites (tertiary alicyclic amines) is 1. The lowest BCUT2D eigenvalue weighted by Crippen LogP contribution is -2.45. The summed E-state index contributed by atoms with van der Waals surface area (Å²) in [5.41, 5.74) is -0.178. The zero-order valence-electron chi connectivity index (χ0n) is 11.5. The Morgan fingerprint density at radius 3 is 2.73 bits per heavy atom. The molecule has 0 spiro atoms. The van der Waals surface area contributed by atoms with E-state index in [2.05, 4.69) is 4.98 Å². The van der Waals surface area contributed by atoms with Gasteiger partial charge >= 0.3 is 6.18 Å². The van der Waals surface area contributed by atoms with Crippen molar-refractivity contribution in [2.24, 2.45) is 5.92 Å². The van der Waals surface area contributed by atoms with Crippen LogP contribution in [0.3, 0.4) is 0 Å². The van der Waals surface area contributed by atoms with Gasteiger partial charge in [-0.25, -0.2) is 4.98 Å². The summed E-state index contributed by atoms with van der Waals surface area (Å²) in [5, 5.41) is 17.7. The lowest BCUT2D eigenvalue weighted by atomic mass is 9.97. The van der Waals surface area contributed by atoms with Crippen molar-refractivity contribution in [1.29, 1.82) is 10.5 Å². The molecule has 0 bridgehead atoms. The zero-order chi connectivity index (χ0) is 16.3. The Kier molecular flexibility index (Phi) is 4.36. The third-order valence-corrected chi connectivity index (χ3v) is 3.59. The standard InChI is InChI=1S/C13H12F3N5O/c14-13(15,16)9-2-1-3-20(6-9)12(22)7-21-8-19-10(4-17)11(21)5-18/h8-9H,1-3,6-7H2/t9-/m0/s1. The van der Waals surface area contributed by atoms with Gasteiger partial charge in [-0.1, -0.05) is 0 Å². The van der Waals surface area contributed by atoms with Crippen molar-refractivity contribution >= 4 is 5.91 Å². The minimum Gasteiger partial charge on any atom is -0.341 e. The monoisotopic (exact) mass is 311 g/mol. The highest BCUT2D eigenvalue weighted by Crippen LogP contribution is 2.33. The summed E-state index contributed by atoms with van der Waals surface area (Å²) in [7, 11) is 0. The van der Waals surface area contributed by atoms with E-state index in [0.717, 1.165) is 4.90 Å². The SMILES string of the molecule is N#Cc1ncn(CC(=O)N2CCC[C@H](C(F)(F)F)C2)c1C#N. The summed E-state index contributed by atoms with van der Waals surface area (Å²) < 4.78 is 39.4. The first kappa shape index (κ1) is 15.8. The predicted molar refractivity (Wildman–Crippen MR) is 67.0 cm³/mol. The van der Waals surface area contributed by atoms with Crippen molar-refractivity contribution in [2.45, 2.75) is 25.6 Å². The Labute approximate surface area is 124 Å². The molecule has 1 saturated heterocycles. The van der Waals surface area contributed by atoms with E-state index in [0.29, 0.717) is 0 Å². The number of halogens is 3. The summed E-state index contributed by atoms with van der Waals surface area (Å²) >= 11 is 0. The molecule has 1 aromatic rings. The van der Waals surface area contributed by atoms with Gasteiger partial charge in [0.15, 0.2) is 11.4 Å². The fraction of sp³-hybridized carbons (Fsp3) is 0.538. The highest BCUT2D eigenvalue weighted by Gasteiger charge is 2.42. The first-order valence-corrected chi connectivity index (χ1v) is 6.56. The van der Waals surface area contributed by atoms with E-state index in [1.165, 1.54) is 10.9 Å². The molecule has 0 N–H and O–H groups in total. The number of alkyl halides is 3. The van der Waals surface area contributed by atoms with E-state index in [9.17, 15) is 18.0 Å². The van der Waals surface area contributed by atoms with E-state index in [1.807, 2.05) is 0 Å². The van der Waals surface area contributed by atoms with Crippen LogP contribution in [0.4, 0.5) is 13.2 Å². The molecule has 0 aliphatic carbocycles. The van der Waals surface area contributed by atoms with Crippen LogP contribution in [-0.2, 0) is 11.3 Å². The molecule has 116 valence electrons. The number of aromatic nitrogens is 2. The third kappa shape index (κ3) is 3.19. The average molecular weight is 311 g/mol. The van der Waals surface area contributed by atoms with E-state index >= 15 is 0 Å². The maximum absolute atomic E-state index is 12.7. The number of carbonyl (C=O) groups is 1. The molecule has 2 heterocycles. The molecule has 0 radical (unpaired) electrons. The Balaban J connectivity index is 2.09. The smallest absolute Gasteiger partial charge is 0.341 e. The lowest BCUT2D eigenvalue weighted by Gasteiger charge is -2.33. The van der Waals surface area contributed by atoms with Gasteiger partial charge in [-0.15, -0.1) is 0 Å². The highest BCUT2D eigenvalue weighted by atomic mass is 19.4. The van der Waals surface area contributed by atoms with Gasteiger partial charge in [-0.2, -0.15) is 23.7 Å². The number of carbonyl (C=O) groups excluding carboxylic acids is 1. The molecule has 1 aromatic heterocycles. The Morgan fingerprint density at radius 1 is 1.41 bits per heavy atom. The van der Waals surface area contributed by atoms with Crippen LogP contribution in [0.1, 0.15) is 24.2 Å². The molecular formula is C13H12F3N5O. The van der Waals surface area contributed by atoms with Gasteiger partial charge in [0.05, 0.1) is 12.2 Å². The normalized spacial score (nSPS) is 18.6. The van der Waals surface area contributed by atoms with Gasteiger partial charge in [-0.3, -0.25) is 4.79 Å². The molecule has 0 saturated carbocycles. The van der Waals surface area contributed by atoms with Crippen LogP contribution in [-0.4, -0.2) is 39.6 Å². The number of hydrogen-bond donors (Lipinski definition) is 0. The molecular weight excluding hydrogens is 299 g/mol. The molecule has 1 aliphatic heterocycles. The largest absolute Gasteiger partial charge is 0.393 e. The molecule has 0 unspecified atom stereocenters. The maximum atomic E-state index is 12.7. The van der Waals surface area contributed by atoms with Crippen LogP contribution in [0.25, 0.3) is 0 Å². The van der Waals surface area contributed by atoms with Crippen LogP contribution in [0.5, 0.6) is 0 Å². The average Bonchev–Trinajstić information content (AvgIpc) is 2.88. The first-order chi connectivity index (χ1) is 10.4. The number of imidazole rings is 1. The van der Waals surface area contributed by atoms with Gasteiger partial charge in [-0.05, 0) is 12.8 Å². The minimum absolute atomic E-state index is 0.0143. The molecule has 22 heavy (non-hydrogen) atoms. The van der Waals surface area contributed by atoms with Crippen molar-refractivity contribution in [1.82, 2.24) is 14.5 Å². The van der Waals surface area contributed by atoms with Crippen LogP contribution < -0.4 is 0 Å². The van der Waals surface area contributed by atoms with Gasteiger partial charge in [0.2, 0.25) is 5.91 Å². The zero-order valence-corrected chi connectivity index (χ0v) is 11.5. The molecule has 9 heteroatoms. The van der Waals surface area contributed by atoms with Crippen LogP contribution in [0.2, 0.25) is 0 Å². The van der Waals surface area contributed by atoms with Crippen molar-refractivity contribution in [3.63, 3.8) is 0 Å². The molecule has 1 atom stereocenters. The molecule has 1 amide bonds. The Hall–Kier alpha value is -2.55. The molecule has 6 nitrogen and oxygen atoms in total. The first-order valence-electron chi connectivity index (χ1n) is 6.56. The van der Waals surface area contributed by atoms with Crippen molar-refractivity contribution in [2.75, 3.05) is 13.1 Å². The number of nitriles is 2. The number of rotatable bonds is 2. The third-order valence-electron chi connectivity index (χ3n) is 3.59. The quantitative estimate of drug-likeness (QED) is 0.827. The Morgan fingerprint density at radius 2 is 2.14 bits per heavy atom. The van der Waals surface area contributed by atoms with E-state index in [-0.39, 0.29) is 43.9 Å². The summed E-state index contributed by atoms with van der Waals surface area (Å²) in [6, 6.07) is 3.48. The summed E-state index contributed by atoms with van der Waals surface area (Å²) in [5.74, 6) is -2.04. The summed E-state index contributed by atoms with van der Waals surface area (Å²) in [6.07, 6.45) is -2.85. The highest BCUT2D eigenvalue weighted by molar-refractivity contribution is 5.76. The van der Waals surface area contributed by atoms with E-state index in [4.69, 9.17) is 10.5 Å². The van der Waals surface area contributed by atoms with Crippen LogP contribution in [0, 0.1) is 28.6 Å². The van der Waals surface area contributed by atoms with Crippen molar-refractivity contribution in [3.05, 3.63) is 17.7 Å². The summed E-state index contributed by atoms with van der Waals surface area (Å²) in [4.78, 5) is 17.0. The number of piperidine rings is 1. The van der Waals surface area contributed by atoms with Crippen LogP contribution >= 0.6 is 0 Å². The van der Waals surface area contributed by atoms with Gasteiger partial charge < -0.3 is 9.47 Å². The fourth-order valence-electron chi connectivity index (χ4n) is 2.42. The van der Waals surface area contributed by atoms with Gasteiger partial charge in [0, 0.05) is 13.1 Å². The summed E-state index contributed by atoms with van der Waals surface area (Å²) in [6.45, 7) is -0.417. The topological polar surface area (TPSA) is 85.7 Å². The maximum Gasteiger partial charge on any atom is 0.393 e. The van der Waals surface area contributed by atoms with E-state index in [1.54, 1.807) is 12.1 Å². The van der Waals surface area contributed by atoms with E-state index < -0.39 is 18.0 Å². The van der Waals surface area contributed by atoms with Crippen molar-refractivity contribution in [3.8, 4) is 12.1 Å². The molecule has 1 fully saturated rings. The lowest BCUT2D eigenvalue weighted by molar-refractivity contribution is -0.188. The fourth-order valence-corrected chi connectivity index (χ4v) is 2.42. The van der Waals surface area contributed by atoms with Gasteiger partial charge in [0.1, 0.15) is 18.7 Å². The number of amides is 1. The predicted octanol–water partition coefficient (Wildman–Crippen LogP) is 1.43. The molecule has 1 aliphatic rings. The second-order valence-electron chi connectivity index (χ2n) is 5.01. The van der Waals surface area contributed by atoms with Crippen LogP contribution in [0.15, 0.2) is 6.33 Å². The molecule has 2 rings (SSSR count). The molecule has 0 aromatic carbocycles. The number of hydrogen-bond acceptors (Lipinski definition) is 4. The van der Waals surface area contributed by atoms with Gasteiger partial charge in [0.25, 0.3) is 0 Å².